The topological polar surface area (TPSA) is 154 Å². The van der Waals surface area contributed by atoms with E-state index in [4.69, 9.17) is 14.6 Å². The third-order valence-electron chi connectivity index (χ3n) is 4.98. The minimum absolute atomic E-state index is 0.0620. The standard InChI is InChI=1S/C20H25N3O8/c24-15-5-4-14(18(27)22-15)23-19(28)12-2-1-3-13(17(12)20(23)29)21-7-9-31-11-10-30-8-6-16(25)26/h1-3,14-15,21,24H,4-11H2,(H,22,27)(H,25,26). The molecule has 0 radical (unpaired) electrons. The van der Waals surface area contributed by atoms with Crippen LogP contribution in [0.25, 0.3) is 0 Å². The lowest BCUT2D eigenvalue weighted by Gasteiger charge is -2.31. The van der Waals surface area contributed by atoms with Crippen molar-refractivity contribution in [2.24, 2.45) is 0 Å². The number of aliphatic carboxylic acids is 1. The molecule has 3 rings (SSSR count). The molecule has 2 heterocycles. The minimum Gasteiger partial charge on any atom is -0.481 e. The van der Waals surface area contributed by atoms with Gasteiger partial charge in [-0.3, -0.25) is 24.1 Å². The highest BCUT2D eigenvalue weighted by Gasteiger charge is 2.45. The lowest BCUT2D eigenvalue weighted by molar-refractivity contribution is -0.138. The number of hydrogen-bond acceptors (Lipinski definition) is 8. The Hall–Kier alpha value is -3.02. The van der Waals surface area contributed by atoms with E-state index in [1.807, 2.05) is 0 Å². The van der Waals surface area contributed by atoms with Gasteiger partial charge in [-0.05, 0) is 25.0 Å². The number of hydrogen-bond donors (Lipinski definition) is 4. The van der Waals surface area contributed by atoms with Gasteiger partial charge in [0.05, 0.1) is 44.0 Å². The van der Waals surface area contributed by atoms with Crippen molar-refractivity contribution in [1.82, 2.24) is 10.2 Å². The number of nitrogens with zero attached hydrogens (tertiary/aromatic N) is 1. The first-order valence-electron chi connectivity index (χ1n) is 10.0. The van der Waals surface area contributed by atoms with Gasteiger partial charge in [0.1, 0.15) is 12.3 Å². The fourth-order valence-electron chi connectivity index (χ4n) is 3.50. The van der Waals surface area contributed by atoms with Crippen molar-refractivity contribution >= 4 is 29.4 Å². The zero-order valence-electron chi connectivity index (χ0n) is 16.8. The van der Waals surface area contributed by atoms with Crippen molar-refractivity contribution in [1.29, 1.82) is 0 Å². The number of rotatable bonds is 11. The summed E-state index contributed by atoms with van der Waals surface area (Å²) in [7, 11) is 0. The van der Waals surface area contributed by atoms with Crippen LogP contribution in [-0.4, -0.2) is 84.0 Å². The zero-order valence-corrected chi connectivity index (χ0v) is 16.8. The third-order valence-corrected chi connectivity index (χ3v) is 4.98. The summed E-state index contributed by atoms with van der Waals surface area (Å²) in [6.07, 6.45) is -0.581. The molecule has 0 aromatic heterocycles. The van der Waals surface area contributed by atoms with E-state index in [0.29, 0.717) is 25.4 Å². The first-order valence-corrected chi connectivity index (χ1v) is 10.0. The molecule has 1 aromatic carbocycles. The number of carbonyl (C=O) groups is 4. The lowest BCUT2D eigenvalue weighted by Crippen LogP contribution is -2.55. The largest absolute Gasteiger partial charge is 0.481 e. The fourth-order valence-corrected chi connectivity index (χ4v) is 3.50. The van der Waals surface area contributed by atoms with Gasteiger partial charge in [0.25, 0.3) is 11.8 Å². The third kappa shape index (κ3) is 5.37. The molecule has 0 aliphatic carbocycles. The second kappa shape index (κ2) is 10.3. The van der Waals surface area contributed by atoms with Crippen LogP contribution in [0, 0.1) is 0 Å². The number of aliphatic hydroxyl groups is 1. The summed E-state index contributed by atoms with van der Waals surface area (Å²) in [6, 6.07) is 3.92. The Bertz CT molecular complexity index is 859. The van der Waals surface area contributed by atoms with Crippen LogP contribution in [0.4, 0.5) is 5.69 Å². The van der Waals surface area contributed by atoms with Crippen molar-refractivity contribution in [3.8, 4) is 0 Å². The molecule has 2 aliphatic rings. The number of carbonyl (C=O) groups excluding carboxylic acids is 3. The summed E-state index contributed by atoms with van der Waals surface area (Å²) in [4.78, 5) is 49.3. The van der Waals surface area contributed by atoms with Crippen LogP contribution in [0.3, 0.4) is 0 Å². The van der Waals surface area contributed by atoms with Gasteiger partial charge in [0, 0.05) is 12.2 Å². The normalized spacial score (nSPS) is 20.5. The van der Waals surface area contributed by atoms with Gasteiger partial charge in [0.15, 0.2) is 0 Å². The van der Waals surface area contributed by atoms with Crippen LogP contribution in [0.2, 0.25) is 0 Å². The highest BCUT2D eigenvalue weighted by atomic mass is 16.5. The number of ether oxygens (including phenoxy) is 2. The quantitative estimate of drug-likeness (QED) is 0.273. The Balaban J connectivity index is 1.52. The zero-order chi connectivity index (χ0) is 22.4. The Morgan fingerprint density at radius 2 is 1.84 bits per heavy atom. The predicted molar refractivity (Wildman–Crippen MR) is 106 cm³/mol. The maximum Gasteiger partial charge on any atom is 0.305 e. The summed E-state index contributed by atoms with van der Waals surface area (Å²) >= 11 is 0. The molecule has 3 amide bonds. The molecular formula is C20H25N3O8. The maximum absolute atomic E-state index is 13.0. The number of imide groups is 1. The molecule has 0 bridgehead atoms. The van der Waals surface area contributed by atoms with Crippen LogP contribution < -0.4 is 10.6 Å². The predicted octanol–water partition coefficient (Wildman–Crippen LogP) is -0.201. The van der Waals surface area contributed by atoms with E-state index in [0.717, 1.165) is 4.90 Å². The Labute approximate surface area is 178 Å². The Kier molecular flexibility index (Phi) is 7.55. The SMILES string of the molecule is O=C(O)CCOCCOCCNc1cccc2c1C(=O)N(C1CCC(O)NC1=O)C2=O. The van der Waals surface area contributed by atoms with Gasteiger partial charge in [-0.15, -0.1) is 0 Å². The second-order valence-electron chi connectivity index (χ2n) is 7.12. The smallest absolute Gasteiger partial charge is 0.305 e. The van der Waals surface area contributed by atoms with Gasteiger partial charge in [0.2, 0.25) is 5.91 Å². The van der Waals surface area contributed by atoms with Crippen LogP contribution in [0.1, 0.15) is 40.0 Å². The molecule has 1 aromatic rings. The lowest BCUT2D eigenvalue weighted by atomic mass is 10.0. The average molecular weight is 435 g/mol. The summed E-state index contributed by atoms with van der Waals surface area (Å²) in [5, 5.41) is 23.5. The van der Waals surface area contributed by atoms with Gasteiger partial charge in [-0.1, -0.05) is 6.07 Å². The fraction of sp³-hybridized carbons (Fsp3) is 0.500. The highest BCUT2D eigenvalue weighted by Crippen LogP contribution is 2.32. The molecule has 1 fully saturated rings. The molecule has 2 unspecified atom stereocenters. The summed E-state index contributed by atoms with van der Waals surface area (Å²) in [5.41, 5.74) is 0.904. The monoisotopic (exact) mass is 435 g/mol. The van der Waals surface area contributed by atoms with Gasteiger partial charge in [-0.25, -0.2) is 0 Å². The Morgan fingerprint density at radius 1 is 1.10 bits per heavy atom. The molecule has 0 saturated carbocycles. The number of nitrogens with one attached hydrogen (secondary N) is 2. The molecule has 0 spiro atoms. The minimum atomic E-state index is -0.973. The molecular weight excluding hydrogens is 410 g/mol. The van der Waals surface area contributed by atoms with Crippen molar-refractivity contribution < 1.29 is 38.9 Å². The van der Waals surface area contributed by atoms with Crippen LogP contribution in [0.15, 0.2) is 18.2 Å². The maximum atomic E-state index is 13.0. The molecule has 11 heteroatoms. The number of amides is 3. The van der Waals surface area contributed by atoms with E-state index in [1.165, 1.54) is 0 Å². The molecule has 11 nitrogen and oxygen atoms in total. The molecule has 2 aliphatic heterocycles. The van der Waals surface area contributed by atoms with E-state index < -0.39 is 36.0 Å². The number of piperidine rings is 1. The highest BCUT2D eigenvalue weighted by molar-refractivity contribution is 6.25. The van der Waals surface area contributed by atoms with Gasteiger partial charge >= 0.3 is 5.97 Å². The number of aliphatic hydroxyl groups excluding tert-OH is 1. The van der Waals surface area contributed by atoms with Gasteiger partial charge < -0.3 is 30.3 Å². The summed E-state index contributed by atoms with van der Waals surface area (Å²) in [5.74, 6) is -2.56. The van der Waals surface area contributed by atoms with Crippen molar-refractivity contribution in [2.45, 2.75) is 31.5 Å². The molecule has 2 atom stereocenters. The van der Waals surface area contributed by atoms with Crippen molar-refractivity contribution in [2.75, 3.05) is 38.3 Å². The van der Waals surface area contributed by atoms with E-state index >= 15 is 0 Å². The number of carboxylic acids is 1. The van der Waals surface area contributed by atoms with Crippen LogP contribution >= 0.6 is 0 Å². The number of carboxylic acid groups (broad SMARTS) is 1. The number of anilines is 1. The van der Waals surface area contributed by atoms with E-state index in [1.54, 1.807) is 18.2 Å². The number of benzene rings is 1. The molecule has 1 saturated heterocycles. The number of fused-ring (bicyclic) bond motifs is 1. The van der Waals surface area contributed by atoms with Gasteiger partial charge in [-0.2, -0.15) is 0 Å². The molecule has 31 heavy (non-hydrogen) atoms. The summed E-state index contributed by atoms with van der Waals surface area (Å²) in [6.45, 7) is 1.36. The molecule has 168 valence electrons. The second-order valence-corrected chi connectivity index (χ2v) is 7.12. The average Bonchev–Trinajstić information content (AvgIpc) is 2.98. The van der Waals surface area contributed by atoms with Crippen LogP contribution in [-0.2, 0) is 19.1 Å². The van der Waals surface area contributed by atoms with E-state index in [-0.39, 0.29) is 43.6 Å². The van der Waals surface area contributed by atoms with Crippen molar-refractivity contribution in [3.05, 3.63) is 29.3 Å². The molecule has 4 N–H and O–H groups in total. The summed E-state index contributed by atoms with van der Waals surface area (Å²) < 4.78 is 10.5. The van der Waals surface area contributed by atoms with Crippen LogP contribution in [0.5, 0.6) is 0 Å². The van der Waals surface area contributed by atoms with Crippen molar-refractivity contribution in [3.63, 3.8) is 0 Å². The first-order chi connectivity index (χ1) is 14.9. The Morgan fingerprint density at radius 3 is 2.55 bits per heavy atom. The van der Waals surface area contributed by atoms with E-state index in [9.17, 15) is 24.3 Å². The first kappa shape index (κ1) is 22.7. The van der Waals surface area contributed by atoms with E-state index in [2.05, 4.69) is 10.6 Å².